The molecule has 0 radical (unpaired) electrons. The van der Waals surface area contributed by atoms with Gasteiger partial charge in [-0.25, -0.2) is 14.4 Å². The van der Waals surface area contributed by atoms with Crippen molar-refractivity contribution in [1.29, 1.82) is 0 Å². The largest absolute Gasteiger partial charge is 0.462 e. The van der Waals surface area contributed by atoms with Crippen molar-refractivity contribution >= 4 is 97.3 Å². The average molecular weight is 1350 g/mol. The SMILES string of the molecule is C=C(CBr)C(=O)OC(C)(C)CCCCC(=O)C[C@H](C(=O)N[C@@H](CCCNC(N)=O)C(=O)Cc1ccc2cc(C(=O)N(C)[C@@H](C)C(=O)O[C@H]3CC(=O)N(C)c4cc(cc(C)c4Cl)C/C(C)=C/C=C/[C@@H](OC)[C@]4(O)CC(=O)O[C@@H](C4)[C@@H](C)[C@@H]4O[C@@]34C)ccc2n1)C(C)C. The first-order valence-corrected chi connectivity index (χ1v) is 32.5. The molecule has 4 bridgehead atoms. The molecule has 2 saturated heterocycles. The normalized spacial score (nSPS) is 23.9. The maximum Gasteiger partial charge on any atom is 0.334 e. The van der Waals surface area contributed by atoms with Gasteiger partial charge in [-0.1, -0.05) is 90.8 Å². The van der Waals surface area contributed by atoms with E-state index in [0.29, 0.717) is 70.3 Å². The molecule has 2 fully saturated rings. The molecule has 10 atom stereocenters. The van der Waals surface area contributed by atoms with Gasteiger partial charge in [0.2, 0.25) is 11.8 Å². The summed E-state index contributed by atoms with van der Waals surface area (Å²) in [6, 6.07) is 8.91. The molecular weight excluding hydrogens is 1260 g/mol. The van der Waals surface area contributed by atoms with E-state index in [-0.39, 0.29) is 74.5 Å². The molecule has 3 aliphatic rings. The number of aryl methyl sites for hydroxylation is 1. The molecule has 3 aliphatic heterocycles. The zero-order valence-electron chi connectivity index (χ0n) is 54.4. The second kappa shape index (κ2) is 31.7. The smallest absolute Gasteiger partial charge is 0.334 e. The van der Waals surface area contributed by atoms with E-state index in [0.717, 1.165) is 16.7 Å². The molecule has 4 heterocycles. The van der Waals surface area contributed by atoms with Crippen LogP contribution < -0.4 is 21.3 Å². The van der Waals surface area contributed by atoms with Gasteiger partial charge in [0.15, 0.2) is 5.78 Å². The number of likely N-dealkylation sites (N-methyl/N-ethyl adjacent to an activating group) is 1. The first-order valence-electron chi connectivity index (χ1n) is 31.0. The number of fused-ring (bicyclic) bond motifs is 6. The summed E-state index contributed by atoms with van der Waals surface area (Å²) in [7, 11) is 4.49. The third-order valence-corrected chi connectivity index (χ3v) is 18.8. The minimum atomic E-state index is -1.64. The number of halogens is 2. The van der Waals surface area contributed by atoms with Crippen molar-refractivity contribution in [3.05, 3.63) is 106 Å². The van der Waals surface area contributed by atoms with Gasteiger partial charge in [-0.05, 0) is 127 Å². The lowest BCUT2D eigenvalue weighted by Crippen LogP contribution is -2.53. The van der Waals surface area contributed by atoms with Crippen LogP contribution in [0.2, 0.25) is 5.02 Å². The number of methoxy groups -OCH3 is 1. The molecule has 5 N–H and O–H groups in total. The van der Waals surface area contributed by atoms with Crippen molar-refractivity contribution < 1.29 is 71.9 Å². The number of anilines is 1. The minimum absolute atomic E-state index is 0.00199. The summed E-state index contributed by atoms with van der Waals surface area (Å²) in [6.45, 7) is 19.9. The van der Waals surface area contributed by atoms with Crippen LogP contribution in [0.15, 0.2) is 78.4 Å². The van der Waals surface area contributed by atoms with Gasteiger partial charge in [-0.15, -0.1) is 0 Å². The molecule has 1 aromatic heterocycles. The van der Waals surface area contributed by atoms with Gasteiger partial charge in [0, 0.05) is 86.4 Å². The lowest BCUT2D eigenvalue weighted by atomic mass is 9.78. The fourth-order valence-corrected chi connectivity index (χ4v) is 12.2. The first-order chi connectivity index (χ1) is 42.7. The van der Waals surface area contributed by atoms with Crippen LogP contribution in [-0.2, 0) is 70.1 Å². The second-order valence-corrected chi connectivity index (χ2v) is 26.7. The summed E-state index contributed by atoms with van der Waals surface area (Å²) in [5.74, 6) is -5.47. The number of esters is 3. The van der Waals surface area contributed by atoms with Crippen molar-refractivity contribution in [2.24, 2.45) is 23.5 Å². The zero-order chi connectivity index (χ0) is 67.4. The van der Waals surface area contributed by atoms with Crippen LogP contribution in [-0.4, -0.2) is 155 Å². The minimum Gasteiger partial charge on any atom is -0.462 e. The van der Waals surface area contributed by atoms with Gasteiger partial charge < -0.3 is 55.0 Å². The Bertz CT molecular complexity index is 3310. The monoisotopic (exact) mass is 1340 g/mol. The number of hydrogen-bond acceptors (Lipinski definition) is 16. The zero-order valence-corrected chi connectivity index (χ0v) is 56.8. The summed E-state index contributed by atoms with van der Waals surface area (Å²) in [5.41, 5.74) is 5.90. The van der Waals surface area contributed by atoms with E-state index < -0.39 is 107 Å². The maximum absolute atomic E-state index is 14.5. The van der Waals surface area contributed by atoms with Crippen LogP contribution in [0.25, 0.3) is 10.9 Å². The van der Waals surface area contributed by atoms with Gasteiger partial charge in [0.1, 0.15) is 46.9 Å². The van der Waals surface area contributed by atoms with Gasteiger partial charge >= 0.3 is 23.9 Å². The molecule has 496 valence electrons. The fraction of sp³-hybridized carbons (Fsp3) is 0.559. The number of rotatable bonds is 25. The first kappa shape index (κ1) is 73.2. The third kappa shape index (κ3) is 19.4. The summed E-state index contributed by atoms with van der Waals surface area (Å²) in [6.07, 6.45) is 3.54. The molecule has 2 aromatic carbocycles. The van der Waals surface area contributed by atoms with E-state index >= 15 is 0 Å². The number of pyridine rings is 1. The van der Waals surface area contributed by atoms with Gasteiger partial charge in [0.05, 0.1) is 47.6 Å². The van der Waals surface area contributed by atoms with Crippen molar-refractivity contribution in [3.63, 3.8) is 0 Å². The molecule has 0 saturated carbocycles. The Morgan fingerprint density at radius 2 is 1.76 bits per heavy atom. The highest BCUT2D eigenvalue weighted by Gasteiger charge is 2.64. The van der Waals surface area contributed by atoms with E-state index in [1.54, 1.807) is 77.2 Å². The third-order valence-electron chi connectivity index (χ3n) is 17.6. The number of Topliss-reactive ketones (excluding diaryl/α,β-unsaturated/α-hetero) is 2. The Labute approximate surface area is 547 Å². The number of nitrogens with one attached hydrogen (secondary N) is 2. The maximum atomic E-state index is 14.5. The van der Waals surface area contributed by atoms with Crippen molar-refractivity contribution in [2.75, 3.05) is 38.0 Å². The molecule has 21 nitrogen and oxygen atoms in total. The molecular formula is C68H90BrClN6O15. The van der Waals surface area contributed by atoms with E-state index in [1.807, 2.05) is 45.9 Å². The van der Waals surface area contributed by atoms with E-state index in [1.165, 1.54) is 30.9 Å². The quantitative estimate of drug-likeness (QED) is 0.0154. The summed E-state index contributed by atoms with van der Waals surface area (Å²) >= 11 is 10.1. The molecule has 0 spiro atoms. The number of primary amides is 1. The molecule has 3 aromatic rings. The number of amides is 5. The fourth-order valence-electron chi connectivity index (χ4n) is 11.8. The van der Waals surface area contributed by atoms with Gasteiger partial charge in [-0.2, -0.15) is 0 Å². The van der Waals surface area contributed by atoms with Crippen LogP contribution in [0.4, 0.5) is 10.5 Å². The number of alkyl halides is 1. The lowest BCUT2D eigenvalue weighted by Gasteiger charge is -2.41. The van der Waals surface area contributed by atoms with E-state index in [9.17, 15) is 48.3 Å². The van der Waals surface area contributed by atoms with Crippen molar-refractivity contribution in [1.82, 2.24) is 20.5 Å². The molecule has 5 amide bonds. The molecule has 91 heavy (non-hydrogen) atoms. The number of ether oxygens (including phenoxy) is 5. The number of nitrogens with two attached hydrogens (primary N) is 1. The van der Waals surface area contributed by atoms with Crippen LogP contribution in [0.3, 0.4) is 0 Å². The standard InChI is InChI=1S/C68H90BrClN6O15/c1-38(2)49(33-48(77)19-14-15-26-66(8,9)91-63(83)41(5)37-69)61(81)74-51(20-17-27-72-65(71)85)53(78)32-47-24-22-45-31-46(23-25-50(45)73-47)62(82)75(11)43(7)64(84)89-56-34-57(79)76(12)52-30-44(29-40(4)59(52)70)28-39(3)18-16-21-55(87-13)68(86)35-54(88-58(80)36-68)42(6)60-67(56,10)90-60/h16,18,21-25,29-31,38,42-43,49,51,54-56,60,86H,5,14-15,17,19-20,26-28,32-37H2,1-4,6-13H3,(H,74,81)(H3,71,72,85)/b21-16+,39-18+/t42-,43+,49+,51+,54+,55-,56+,60+,67+,68-/m1/s1. The molecule has 23 heteroatoms. The highest BCUT2D eigenvalue weighted by molar-refractivity contribution is 9.09. The molecule has 0 unspecified atom stereocenters. The summed E-state index contributed by atoms with van der Waals surface area (Å²) in [5, 5.41) is 18.6. The van der Waals surface area contributed by atoms with Crippen LogP contribution in [0.5, 0.6) is 0 Å². The predicted molar refractivity (Wildman–Crippen MR) is 348 cm³/mol. The number of allylic oxidation sites excluding steroid dienone is 3. The highest BCUT2D eigenvalue weighted by atomic mass is 79.9. The summed E-state index contributed by atoms with van der Waals surface area (Å²) in [4.78, 5) is 129. The average Bonchev–Trinajstić information content (AvgIpc) is 1.58. The van der Waals surface area contributed by atoms with Crippen LogP contribution >= 0.6 is 27.5 Å². The van der Waals surface area contributed by atoms with Gasteiger partial charge in [0.25, 0.3) is 5.91 Å². The summed E-state index contributed by atoms with van der Waals surface area (Å²) < 4.78 is 29.8. The van der Waals surface area contributed by atoms with Crippen molar-refractivity contribution in [3.8, 4) is 0 Å². The number of epoxide rings is 1. The number of aromatic nitrogens is 1. The number of nitrogens with zero attached hydrogens (tertiary/aromatic N) is 3. The van der Waals surface area contributed by atoms with Gasteiger partial charge in [-0.3, -0.25) is 33.8 Å². The van der Waals surface area contributed by atoms with Crippen molar-refractivity contribution in [2.45, 2.75) is 193 Å². The Morgan fingerprint density at radius 1 is 1.04 bits per heavy atom. The number of carbonyl (C=O) groups is 9. The number of urea groups is 1. The number of unbranched alkanes of at least 4 members (excludes halogenated alkanes) is 1. The number of ketones is 2. The Kier molecular flexibility index (Phi) is 25.5. The number of hydrogen-bond donors (Lipinski definition) is 4. The molecule has 6 rings (SSSR count). The number of carbonyl (C=O) groups excluding carboxylic acids is 9. The van der Waals surface area contributed by atoms with Crippen LogP contribution in [0.1, 0.15) is 147 Å². The number of benzene rings is 2. The Morgan fingerprint density at radius 3 is 2.43 bits per heavy atom. The topological polar surface area (TPSA) is 293 Å². The number of aliphatic hydroxyl groups is 1. The molecule has 0 aliphatic carbocycles. The van der Waals surface area contributed by atoms with E-state index in [2.05, 4.69) is 33.1 Å². The van der Waals surface area contributed by atoms with Crippen LogP contribution in [0, 0.1) is 24.7 Å². The lowest BCUT2D eigenvalue weighted by molar-refractivity contribution is -0.187. The highest BCUT2D eigenvalue weighted by Crippen LogP contribution is 2.50. The van der Waals surface area contributed by atoms with E-state index in [4.69, 9.17) is 46.0 Å². The second-order valence-electron chi connectivity index (χ2n) is 25.8. The Hall–Kier alpha value is -6.85. The Balaban J connectivity index is 1.15. The predicted octanol–water partition coefficient (Wildman–Crippen LogP) is 9.04.